The van der Waals surface area contributed by atoms with Crippen LogP contribution in [-0.4, -0.2) is 45.2 Å². The molecule has 0 fully saturated rings. The monoisotopic (exact) mass is 398 g/mol. The van der Waals surface area contributed by atoms with Crippen molar-refractivity contribution in [3.63, 3.8) is 0 Å². The van der Waals surface area contributed by atoms with Crippen molar-refractivity contribution in [2.75, 3.05) is 12.4 Å². The number of hydrogen-bond acceptors (Lipinski definition) is 6. The maximum absolute atomic E-state index is 13.7. The molecule has 0 amide bonds. The highest BCUT2D eigenvalue weighted by molar-refractivity contribution is 5.98. The standard InChI is InChI=1S/C17H14F4N4O3/c1-28-16(27)10-4-5-22-7-12(10)23-15-11-6-9(18)2-3-13(11)25(24-15)8-14(26)17(19,20)21/h2-7,14,26H,8H2,1H3,(H,23,24). The summed E-state index contributed by atoms with van der Waals surface area (Å²) < 4.78 is 57.4. The summed E-state index contributed by atoms with van der Waals surface area (Å²) in [5.41, 5.74) is 0.434. The number of aliphatic hydroxyl groups excluding tert-OH is 1. The Morgan fingerprint density at radius 1 is 1.36 bits per heavy atom. The van der Waals surface area contributed by atoms with Crippen molar-refractivity contribution in [2.24, 2.45) is 0 Å². The van der Waals surface area contributed by atoms with Crippen molar-refractivity contribution in [1.82, 2.24) is 14.8 Å². The first-order chi connectivity index (χ1) is 13.2. The number of alkyl halides is 3. The molecule has 0 saturated carbocycles. The summed E-state index contributed by atoms with van der Waals surface area (Å²) in [5.74, 6) is -1.32. The smallest absolute Gasteiger partial charge is 0.416 e. The molecule has 28 heavy (non-hydrogen) atoms. The second-order valence-corrected chi connectivity index (χ2v) is 5.79. The molecule has 148 valence electrons. The highest BCUT2D eigenvalue weighted by atomic mass is 19.4. The van der Waals surface area contributed by atoms with Crippen molar-refractivity contribution in [3.8, 4) is 0 Å². The van der Waals surface area contributed by atoms with E-state index in [2.05, 4.69) is 20.1 Å². The van der Waals surface area contributed by atoms with E-state index in [1.165, 1.54) is 31.6 Å². The number of fused-ring (bicyclic) bond motifs is 1. The number of pyridine rings is 1. The van der Waals surface area contributed by atoms with Gasteiger partial charge in [0.15, 0.2) is 11.9 Å². The quantitative estimate of drug-likeness (QED) is 0.507. The van der Waals surface area contributed by atoms with Crippen LogP contribution in [0, 0.1) is 5.82 Å². The van der Waals surface area contributed by atoms with Crippen LogP contribution in [0.25, 0.3) is 10.9 Å². The molecule has 2 N–H and O–H groups in total. The molecule has 2 aromatic heterocycles. The van der Waals surface area contributed by atoms with Crippen LogP contribution in [0.1, 0.15) is 10.4 Å². The first-order valence-corrected chi connectivity index (χ1v) is 7.91. The molecule has 0 bridgehead atoms. The number of esters is 1. The summed E-state index contributed by atoms with van der Waals surface area (Å²) in [4.78, 5) is 15.7. The minimum Gasteiger partial charge on any atom is -0.465 e. The van der Waals surface area contributed by atoms with Gasteiger partial charge in [-0.1, -0.05) is 0 Å². The summed E-state index contributed by atoms with van der Waals surface area (Å²) >= 11 is 0. The molecular weight excluding hydrogens is 384 g/mol. The third kappa shape index (κ3) is 3.88. The largest absolute Gasteiger partial charge is 0.465 e. The molecule has 0 aliphatic rings. The van der Waals surface area contributed by atoms with Crippen LogP contribution in [0.15, 0.2) is 36.7 Å². The SMILES string of the molecule is COC(=O)c1ccncc1Nc1nn(CC(O)C(F)(F)F)c2ccc(F)cc12. The van der Waals surface area contributed by atoms with Gasteiger partial charge >= 0.3 is 12.1 Å². The molecule has 1 unspecified atom stereocenters. The fourth-order valence-corrected chi connectivity index (χ4v) is 2.56. The van der Waals surface area contributed by atoms with E-state index in [-0.39, 0.29) is 28.0 Å². The van der Waals surface area contributed by atoms with Crippen molar-refractivity contribution in [3.05, 3.63) is 48.0 Å². The summed E-state index contributed by atoms with van der Waals surface area (Å²) in [6, 6.07) is 4.77. The Bertz CT molecular complexity index is 1020. The number of nitrogens with one attached hydrogen (secondary N) is 1. The van der Waals surface area contributed by atoms with Crippen LogP contribution in [0.2, 0.25) is 0 Å². The number of nitrogens with zero attached hydrogens (tertiary/aromatic N) is 3. The van der Waals surface area contributed by atoms with Crippen LogP contribution in [0.5, 0.6) is 0 Å². The number of rotatable bonds is 5. The molecule has 3 rings (SSSR count). The van der Waals surface area contributed by atoms with Gasteiger partial charge in [-0.3, -0.25) is 9.67 Å². The van der Waals surface area contributed by atoms with Gasteiger partial charge < -0.3 is 15.2 Å². The van der Waals surface area contributed by atoms with E-state index in [1.807, 2.05) is 0 Å². The van der Waals surface area contributed by atoms with Gasteiger partial charge in [-0.2, -0.15) is 18.3 Å². The first kappa shape index (κ1) is 19.5. The van der Waals surface area contributed by atoms with Gasteiger partial charge in [0, 0.05) is 11.6 Å². The molecule has 0 radical (unpaired) electrons. The minimum absolute atomic E-state index is 0.0120. The Morgan fingerprint density at radius 2 is 2.11 bits per heavy atom. The first-order valence-electron chi connectivity index (χ1n) is 7.91. The second-order valence-electron chi connectivity index (χ2n) is 5.79. The average Bonchev–Trinajstić information content (AvgIpc) is 2.97. The molecule has 7 nitrogen and oxygen atoms in total. The lowest BCUT2D eigenvalue weighted by Gasteiger charge is -2.14. The molecule has 0 spiro atoms. The van der Waals surface area contributed by atoms with Gasteiger partial charge in [0.1, 0.15) is 5.82 Å². The third-order valence-electron chi connectivity index (χ3n) is 3.92. The average molecular weight is 398 g/mol. The summed E-state index contributed by atoms with van der Waals surface area (Å²) in [7, 11) is 1.19. The molecule has 2 heterocycles. The molecule has 1 atom stereocenters. The van der Waals surface area contributed by atoms with Crippen molar-refractivity contribution in [1.29, 1.82) is 0 Å². The maximum atomic E-state index is 13.7. The molecule has 0 saturated heterocycles. The Kier molecular flexibility index (Phi) is 5.18. The number of ether oxygens (including phenoxy) is 1. The fraction of sp³-hybridized carbons (Fsp3) is 0.235. The lowest BCUT2D eigenvalue weighted by atomic mass is 10.2. The maximum Gasteiger partial charge on any atom is 0.416 e. The van der Waals surface area contributed by atoms with Crippen LogP contribution >= 0.6 is 0 Å². The number of aliphatic hydroxyl groups is 1. The highest BCUT2D eigenvalue weighted by Crippen LogP contribution is 2.30. The summed E-state index contributed by atoms with van der Waals surface area (Å²) in [6.07, 6.45) is -4.85. The predicted octanol–water partition coefficient (Wildman–Crippen LogP) is 3.02. The zero-order chi connectivity index (χ0) is 20.5. The zero-order valence-corrected chi connectivity index (χ0v) is 14.4. The molecule has 0 aliphatic carbocycles. The number of carbonyl (C=O) groups is 1. The number of benzene rings is 1. The van der Waals surface area contributed by atoms with E-state index in [0.717, 1.165) is 16.8 Å². The van der Waals surface area contributed by atoms with Gasteiger partial charge in [0.25, 0.3) is 0 Å². The van der Waals surface area contributed by atoms with E-state index in [9.17, 15) is 27.5 Å². The highest BCUT2D eigenvalue weighted by Gasteiger charge is 2.39. The molecular formula is C17H14F4N4O3. The van der Waals surface area contributed by atoms with Crippen LogP contribution in [0.3, 0.4) is 0 Å². The normalized spacial score (nSPS) is 12.8. The van der Waals surface area contributed by atoms with Crippen molar-refractivity contribution < 1.29 is 32.2 Å². The van der Waals surface area contributed by atoms with E-state index in [1.54, 1.807) is 0 Å². The van der Waals surface area contributed by atoms with Gasteiger partial charge in [0.05, 0.1) is 36.6 Å². The lowest BCUT2D eigenvalue weighted by Crippen LogP contribution is -2.33. The Labute approximate surface area is 155 Å². The van der Waals surface area contributed by atoms with E-state index in [4.69, 9.17) is 0 Å². The molecule has 3 aromatic rings. The van der Waals surface area contributed by atoms with Crippen LogP contribution < -0.4 is 5.32 Å². The zero-order valence-electron chi connectivity index (χ0n) is 14.4. The second kappa shape index (κ2) is 7.43. The molecule has 1 aromatic carbocycles. The van der Waals surface area contributed by atoms with Gasteiger partial charge in [0.2, 0.25) is 0 Å². The summed E-state index contributed by atoms with van der Waals surface area (Å²) in [5, 5.41) is 16.3. The fourth-order valence-electron chi connectivity index (χ4n) is 2.56. The number of methoxy groups -OCH3 is 1. The Morgan fingerprint density at radius 3 is 2.79 bits per heavy atom. The topological polar surface area (TPSA) is 89.3 Å². The minimum atomic E-state index is -4.84. The van der Waals surface area contributed by atoms with Crippen molar-refractivity contribution >= 4 is 28.4 Å². The van der Waals surface area contributed by atoms with E-state index >= 15 is 0 Å². The number of anilines is 2. The predicted molar refractivity (Wildman–Crippen MR) is 90.6 cm³/mol. The molecule has 0 aliphatic heterocycles. The van der Waals surface area contributed by atoms with Gasteiger partial charge in [-0.05, 0) is 24.3 Å². The summed E-state index contributed by atoms with van der Waals surface area (Å²) in [6.45, 7) is -0.885. The van der Waals surface area contributed by atoms with Gasteiger partial charge in [-0.25, -0.2) is 9.18 Å². The Hall–Kier alpha value is -3.21. The van der Waals surface area contributed by atoms with E-state index in [0.29, 0.717) is 0 Å². The van der Waals surface area contributed by atoms with E-state index < -0.39 is 30.6 Å². The van der Waals surface area contributed by atoms with Gasteiger partial charge in [-0.15, -0.1) is 0 Å². The third-order valence-corrected chi connectivity index (χ3v) is 3.92. The van der Waals surface area contributed by atoms with Crippen LogP contribution in [0.4, 0.5) is 29.1 Å². The number of aromatic nitrogens is 3. The number of hydrogen-bond donors (Lipinski definition) is 2. The number of halogens is 4. The Balaban J connectivity index is 2.05. The van der Waals surface area contributed by atoms with Crippen molar-refractivity contribution in [2.45, 2.75) is 18.8 Å². The molecule has 11 heteroatoms. The number of carbonyl (C=O) groups excluding carboxylic acids is 1. The van der Waals surface area contributed by atoms with Crippen LogP contribution in [-0.2, 0) is 11.3 Å². The lowest BCUT2D eigenvalue weighted by molar-refractivity contribution is -0.207.